The van der Waals surface area contributed by atoms with Crippen molar-refractivity contribution >= 4 is 46.1 Å². The van der Waals surface area contributed by atoms with E-state index in [0.29, 0.717) is 49.3 Å². The number of Topliss-reactive ketones (excluding diaryl/α,β-unsaturated/α-hetero) is 1. The molecule has 8 rings (SSSR count). The van der Waals surface area contributed by atoms with E-state index in [1.165, 1.54) is 11.3 Å². The molecular formula is C45H51N5O6S. The SMILES string of the molecule is O=C(N[C@H]1CCCCC/C=C\C2C[C@@]2(C(=O)NCCc2ccccc2)CC(=O)[C@@H]2C[C@@H](Oc3nc4ccccc4nc3-c3cccs3)CN2C1=O)OC1CCCC1. The van der Waals surface area contributed by atoms with Crippen molar-refractivity contribution in [3.63, 3.8) is 0 Å². The molecule has 1 saturated heterocycles. The van der Waals surface area contributed by atoms with Crippen molar-refractivity contribution in [3.8, 4) is 16.5 Å². The highest BCUT2D eigenvalue weighted by Gasteiger charge is 2.60. The van der Waals surface area contributed by atoms with E-state index in [1.54, 1.807) is 4.90 Å². The fourth-order valence-corrected chi connectivity index (χ4v) is 9.47. The van der Waals surface area contributed by atoms with Crippen molar-refractivity contribution in [3.05, 3.63) is 89.8 Å². The molecule has 0 spiro atoms. The number of carbonyl (C=O) groups excluding carboxylic acids is 4. The number of hydrogen-bond acceptors (Lipinski definition) is 9. The fourth-order valence-electron chi connectivity index (χ4n) is 8.77. The Hall–Kier alpha value is -5.10. The second-order valence-corrected chi connectivity index (χ2v) is 16.9. The van der Waals surface area contributed by atoms with Crippen LogP contribution in [0.2, 0.25) is 0 Å². The Labute approximate surface area is 337 Å². The Kier molecular flexibility index (Phi) is 12.0. The first-order chi connectivity index (χ1) is 27.9. The molecule has 3 fully saturated rings. The highest BCUT2D eigenvalue weighted by atomic mass is 32.1. The zero-order valence-corrected chi connectivity index (χ0v) is 33.1. The van der Waals surface area contributed by atoms with Crippen LogP contribution in [-0.2, 0) is 25.5 Å². The molecule has 5 atom stereocenters. The average Bonchev–Trinajstić information content (AvgIpc) is 3.72. The molecule has 1 unspecified atom stereocenters. The minimum atomic E-state index is -0.892. The molecule has 298 valence electrons. The first kappa shape index (κ1) is 38.8. The summed E-state index contributed by atoms with van der Waals surface area (Å²) in [7, 11) is 0. The maximum Gasteiger partial charge on any atom is 0.408 e. The molecule has 0 radical (unpaired) electrons. The van der Waals surface area contributed by atoms with Gasteiger partial charge in [-0.1, -0.05) is 73.5 Å². The Morgan fingerprint density at radius 2 is 1.65 bits per heavy atom. The number of ketones is 1. The summed E-state index contributed by atoms with van der Waals surface area (Å²) in [6, 6.07) is 19.8. The molecule has 0 bridgehead atoms. The zero-order chi connectivity index (χ0) is 39.2. The highest BCUT2D eigenvalue weighted by Crippen LogP contribution is 2.57. The molecule has 2 aromatic heterocycles. The third-order valence-corrected chi connectivity index (χ3v) is 12.9. The van der Waals surface area contributed by atoms with Gasteiger partial charge in [-0.2, -0.15) is 0 Å². The van der Waals surface area contributed by atoms with E-state index in [-0.39, 0.29) is 49.0 Å². The Morgan fingerprint density at radius 1 is 0.877 bits per heavy atom. The van der Waals surface area contributed by atoms with Gasteiger partial charge in [-0.3, -0.25) is 14.4 Å². The summed E-state index contributed by atoms with van der Waals surface area (Å²) in [4.78, 5) is 69.0. The molecule has 11 nitrogen and oxygen atoms in total. The average molecular weight is 790 g/mol. The van der Waals surface area contributed by atoms with Crippen LogP contribution in [0.1, 0.15) is 82.6 Å². The lowest BCUT2D eigenvalue weighted by Gasteiger charge is -2.29. The van der Waals surface area contributed by atoms with Crippen LogP contribution >= 0.6 is 11.3 Å². The van der Waals surface area contributed by atoms with Gasteiger partial charge in [0.15, 0.2) is 5.78 Å². The smallest absolute Gasteiger partial charge is 0.408 e. The molecule has 3 amide bonds. The number of nitrogens with zero attached hydrogens (tertiary/aromatic N) is 3. The zero-order valence-electron chi connectivity index (χ0n) is 32.3. The largest absolute Gasteiger partial charge is 0.471 e. The highest BCUT2D eigenvalue weighted by molar-refractivity contribution is 7.13. The van der Waals surface area contributed by atoms with Crippen LogP contribution in [0, 0.1) is 11.3 Å². The van der Waals surface area contributed by atoms with Gasteiger partial charge in [0.25, 0.3) is 0 Å². The van der Waals surface area contributed by atoms with Crippen molar-refractivity contribution in [1.82, 2.24) is 25.5 Å². The second kappa shape index (κ2) is 17.6. The molecule has 2 saturated carbocycles. The van der Waals surface area contributed by atoms with E-state index in [0.717, 1.165) is 60.9 Å². The van der Waals surface area contributed by atoms with E-state index in [2.05, 4.69) is 22.8 Å². The minimum Gasteiger partial charge on any atom is -0.471 e. The summed E-state index contributed by atoms with van der Waals surface area (Å²) in [6.45, 7) is 0.575. The molecule has 57 heavy (non-hydrogen) atoms. The maximum atomic E-state index is 14.7. The monoisotopic (exact) mass is 789 g/mol. The number of nitrogens with one attached hydrogen (secondary N) is 2. The number of hydrogen-bond donors (Lipinski definition) is 2. The van der Waals surface area contributed by atoms with E-state index in [4.69, 9.17) is 19.4 Å². The topological polar surface area (TPSA) is 140 Å². The number of aromatic nitrogens is 2. The molecule has 2 aliphatic carbocycles. The number of carbonyl (C=O) groups is 4. The van der Waals surface area contributed by atoms with Gasteiger partial charge in [-0.25, -0.2) is 14.8 Å². The van der Waals surface area contributed by atoms with Gasteiger partial charge >= 0.3 is 6.09 Å². The van der Waals surface area contributed by atoms with Crippen molar-refractivity contribution in [2.75, 3.05) is 13.1 Å². The second-order valence-electron chi connectivity index (χ2n) is 16.0. The Balaban J connectivity index is 1.07. The van der Waals surface area contributed by atoms with E-state index >= 15 is 0 Å². The summed E-state index contributed by atoms with van der Waals surface area (Å²) in [5.41, 5.74) is 2.23. The minimum absolute atomic E-state index is 0.00160. The number of ether oxygens (including phenoxy) is 2. The number of rotatable bonds is 9. The lowest BCUT2D eigenvalue weighted by Crippen LogP contribution is -2.52. The van der Waals surface area contributed by atoms with Crippen molar-refractivity contribution < 1.29 is 28.7 Å². The van der Waals surface area contributed by atoms with Gasteiger partial charge in [-0.15, -0.1) is 11.3 Å². The number of allylic oxidation sites excluding steroid dienone is 2. The quantitative estimate of drug-likeness (QED) is 0.166. The van der Waals surface area contributed by atoms with Crippen LogP contribution in [0.25, 0.3) is 21.6 Å². The molecule has 4 aliphatic rings. The molecule has 2 aromatic carbocycles. The van der Waals surface area contributed by atoms with Crippen molar-refractivity contribution in [2.45, 2.75) is 108 Å². The number of fused-ring (bicyclic) bond motifs is 3. The first-order valence-corrected chi connectivity index (χ1v) is 21.5. The van der Waals surface area contributed by atoms with Crippen LogP contribution in [0.3, 0.4) is 0 Å². The van der Waals surface area contributed by atoms with Crippen LogP contribution in [0.4, 0.5) is 4.79 Å². The van der Waals surface area contributed by atoms with Gasteiger partial charge in [0, 0.05) is 19.4 Å². The van der Waals surface area contributed by atoms with Gasteiger partial charge in [0.1, 0.15) is 23.9 Å². The van der Waals surface area contributed by atoms with E-state index < -0.39 is 29.7 Å². The molecule has 12 heteroatoms. The van der Waals surface area contributed by atoms with Crippen molar-refractivity contribution in [2.24, 2.45) is 11.3 Å². The number of thiophene rings is 1. The van der Waals surface area contributed by atoms with Gasteiger partial charge < -0.3 is 25.0 Å². The summed E-state index contributed by atoms with van der Waals surface area (Å²) < 4.78 is 12.4. The predicted molar refractivity (Wildman–Crippen MR) is 219 cm³/mol. The summed E-state index contributed by atoms with van der Waals surface area (Å²) in [5.74, 6) is -0.390. The Bertz CT molecular complexity index is 2090. The van der Waals surface area contributed by atoms with Gasteiger partial charge in [0.2, 0.25) is 17.7 Å². The normalized spacial score (nSPS) is 26.1. The first-order valence-electron chi connectivity index (χ1n) is 20.6. The van der Waals surface area contributed by atoms with E-state index in [1.807, 2.05) is 72.1 Å². The fraction of sp³-hybridized carbons (Fsp3) is 0.467. The molecular weight excluding hydrogens is 739 g/mol. The third-order valence-electron chi connectivity index (χ3n) is 12.0. The van der Waals surface area contributed by atoms with Crippen LogP contribution in [0.5, 0.6) is 5.88 Å². The summed E-state index contributed by atoms with van der Waals surface area (Å²) in [6.07, 6.45) is 11.8. The number of alkyl carbamates (subject to hydrolysis) is 1. The molecule has 4 heterocycles. The van der Waals surface area contributed by atoms with E-state index in [9.17, 15) is 19.2 Å². The molecule has 2 N–H and O–H groups in total. The third kappa shape index (κ3) is 9.06. The van der Waals surface area contributed by atoms with Crippen LogP contribution in [-0.4, -0.2) is 75.9 Å². The van der Waals surface area contributed by atoms with Crippen LogP contribution in [0.15, 0.2) is 84.3 Å². The summed E-state index contributed by atoms with van der Waals surface area (Å²) >= 11 is 1.53. The van der Waals surface area contributed by atoms with Gasteiger partial charge in [-0.05, 0) is 92.8 Å². The number of para-hydroxylation sites is 2. The standard InChI is InChI=1S/C45H51N5O6S/c51-38-28-45(43(53)46-24-23-30-14-5-4-6-15-30)27-31(45)16-7-2-1-3-8-21-36(49-44(54)56-32-17-9-10-18-32)42(52)50-29-33(26-37(38)50)55-41-40(39-22-13-25-57-39)47-34-19-11-12-20-35(34)48-41/h4-7,11-16,19-20,22,25,31-33,36-37H,1-3,8-10,17-18,21,23-24,26-29H2,(H,46,53)(H,49,54)/b16-7-/t31?,33-,36+,37+,45-/m1/s1. The number of benzene rings is 2. The Morgan fingerprint density at radius 3 is 2.44 bits per heavy atom. The summed E-state index contributed by atoms with van der Waals surface area (Å²) in [5, 5.41) is 8.02. The lowest BCUT2D eigenvalue weighted by molar-refractivity contribution is -0.140. The number of amides is 3. The predicted octanol–water partition coefficient (Wildman–Crippen LogP) is 7.59. The molecule has 4 aromatic rings. The molecule has 2 aliphatic heterocycles. The van der Waals surface area contributed by atoms with Gasteiger partial charge in [0.05, 0.1) is 33.9 Å². The van der Waals surface area contributed by atoms with Crippen LogP contribution < -0.4 is 15.4 Å². The lowest BCUT2D eigenvalue weighted by atomic mass is 9.90. The maximum absolute atomic E-state index is 14.7. The van der Waals surface area contributed by atoms with Crippen molar-refractivity contribution in [1.29, 1.82) is 0 Å².